The highest BCUT2D eigenvalue weighted by atomic mass is 16.5. The molecule has 2 aliphatic heterocycles. The van der Waals surface area contributed by atoms with Crippen molar-refractivity contribution in [3.8, 4) is 5.75 Å². The summed E-state index contributed by atoms with van der Waals surface area (Å²) in [5.41, 5.74) is 1.18. The Morgan fingerprint density at radius 2 is 1.97 bits per heavy atom. The number of nitrogens with zero attached hydrogens (tertiary/aromatic N) is 2. The van der Waals surface area contributed by atoms with Crippen LogP contribution in [0.25, 0.3) is 0 Å². The molecule has 1 N–H and O–H groups in total. The lowest BCUT2D eigenvalue weighted by molar-refractivity contribution is -0.0367. The Balaban J connectivity index is 1.21. The minimum Gasteiger partial charge on any atom is -0.493 e. The van der Waals surface area contributed by atoms with Crippen LogP contribution in [0.1, 0.15) is 44.1 Å². The van der Waals surface area contributed by atoms with E-state index in [-0.39, 0.29) is 0 Å². The number of rotatable bonds is 8. The second kappa shape index (κ2) is 10.3. The molecule has 1 aromatic carbocycles. The summed E-state index contributed by atoms with van der Waals surface area (Å²) in [4.78, 5) is 6.84. The SMILES string of the molecule is CN=C(NCc1ccccc1OCC1CC1)N1CCC(OCC2CCCO2)CC1. The topological polar surface area (TPSA) is 55.3 Å². The first-order valence-corrected chi connectivity index (χ1v) is 11.2. The lowest BCUT2D eigenvalue weighted by Crippen LogP contribution is -2.47. The van der Waals surface area contributed by atoms with Gasteiger partial charge in [-0.25, -0.2) is 0 Å². The number of ether oxygens (including phenoxy) is 3. The minimum atomic E-state index is 0.310. The highest BCUT2D eigenvalue weighted by Crippen LogP contribution is 2.30. The van der Waals surface area contributed by atoms with Gasteiger partial charge in [0.15, 0.2) is 5.96 Å². The highest BCUT2D eigenvalue weighted by Gasteiger charge is 2.25. The number of hydrogen-bond acceptors (Lipinski definition) is 4. The van der Waals surface area contributed by atoms with Gasteiger partial charge >= 0.3 is 0 Å². The van der Waals surface area contributed by atoms with Crippen LogP contribution in [-0.2, 0) is 16.0 Å². The molecule has 0 bridgehead atoms. The molecule has 1 aliphatic carbocycles. The van der Waals surface area contributed by atoms with E-state index in [1.807, 2.05) is 13.1 Å². The van der Waals surface area contributed by atoms with Gasteiger partial charge in [0.05, 0.1) is 25.4 Å². The summed E-state index contributed by atoms with van der Waals surface area (Å²) >= 11 is 0. The molecule has 3 aliphatic rings. The number of aliphatic imine (C=N–C) groups is 1. The standard InChI is InChI=1S/C23H35N3O3/c1-24-23(25-15-19-5-2-3-7-22(19)29-16-18-8-9-18)26-12-10-20(11-13-26)28-17-21-6-4-14-27-21/h2-3,5,7,18,20-21H,4,6,8-17H2,1H3,(H,24,25). The van der Waals surface area contributed by atoms with Crippen LogP contribution in [0.3, 0.4) is 0 Å². The van der Waals surface area contributed by atoms with Crippen molar-refractivity contribution in [1.29, 1.82) is 0 Å². The normalized spacial score (nSPS) is 23.4. The minimum absolute atomic E-state index is 0.310. The summed E-state index contributed by atoms with van der Waals surface area (Å²) in [7, 11) is 1.86. The number of para-hydroxylation sites is 1. The molecule has 160 valence electrons. The molecule has 3 fully saturated rings. The third-order valence-corrected chi connectivity index (χ3v) is 6.08. The van der Waals surface area contributed by atoms with E-state index < -0.39 is 0 Å². The molecule has 1 unspecified atom stereocenters. The van der Waals surface area contributed by atoms with Gasteiger partial charge in [-0.05, 0) is 50.5 Å². The molecule has 0 amide bonds. The van der Waals surface area contributed by atoms with Crippen LogP contribution in [0.5, 0.6) is 5.75 Å². The summed E-state index contributed by atoms with van der Waals surface area (Å²) in [5.74, 6) is 2.70. The maximum absolute atomic E-state index is 6.10. The van der Waals surface area contributed by atoms with Crippen molar-refractivity contribution in [3.63, 3.8) is 0 Å². The molecule has 1 atom stereocenters. The van der Waals surface area contributed by atoms with Crippen molar-refractivity contribution in [2.24, 2.45) is 10.9 Å². The summed E-state index contributed by atoms with van der Waals surface area (Å²) in [6, 6.07) is 8.31. The average molecular weight is 402 g/mol. The van der Waals surface area contributed by atoms with Crippen molar-refractivity contribution >= 4 is 5.96 Å². The molecule has 2 saturated heterocycles. The maximum Gasteiger partial charge on any atom is 0.193 e. The Kier molecular flexibility index (Phi) is 7.28. The van der Waals surface area contributed by atoms with Gasteiger partial charge < -0.3 is 24.4 Å². The van der Waals surface area contributed by atoms with Crippen LogP contribution in [-0.4, -0.2) is 63.0 Å². The van der Waals surface area contributed by atoms with E-state index in [4.69, 9.17) is 14.2 Å². The fourth-order valence-electron chi connectivity index (χ4n) is 4.04. The Morgan fingerprint density at radius 3 is 2.69 bits per heavy atom. The number of nitrogens with one attached hydrogen (secondary N) is 1. The van der Waals surface area contributed by atoms with E-state index in [1.165, 1.54) is 24.8 Å². The molecular weight excluding hydrogens is 366 g/mol. The first kappa shape index (κ1) is 20.5. The maximum atomic E-state index is 6.10. The fraction of sp³-hybridized carbons (Fsp3) is 0.696. The predicted molar refractivity (Wildman–Crippen MR) is 114 cm³/mol. The Labute approximate surface area is 174 Å². The zero-order valence-electron chi connectivity index (χ0n) is 17.6. The molecule has 0 spiro atoms. The van der Waals surface area contributed by atoms with Gasteiger partial charge in [-0.3, -0.25) is 4.99 Å². The van der Waals surface area contributed by atoms with Crippen LogP contribution < -0.4 is 10.1 Å². The van der Waals surface area contributed by atoms with E-state index in [1.54, 1.807) is 0 Å². The second-order valence-electron chi connectivity index (χ2n) is 8.42. The molecule has 0 radical (unpaired) electrons. The number of benzene rings is 1. The number of guanidine groups is 1. The van der Waals surface area contributed by atoms with Crippen molar-refractivity contribution in [1.82, 2.24) is 10.2 Å². The first-order valence-electron chi connectivity index (χ1n) is 11.2. The number of hydrogen-bond donors (Lipinski definition) is 1. The monoisotopic (exact) mass is 401 g/mol. The quantitative estimate of drug-likeness (QED) is 0.535. The number of likely N-dealkylation sites (tertiary alicyclic amines) is 1. The van der Waals surface area contributed by atoms with Gasteiger partial charge in [-0.2, -0.15) is 0 Å². The van der Waals surface area contributed by atoms with Crippen molar-refractivity contribution in [2.75, 3.05) is 40.0 Å². The average Bonchev–Trinajstić information content (AvgIpc) is 3.45. The molecular formula is C23H35N3O3. The zero-order valence-corrected chi connectivity index (χ0v) is 17.6. The molecule has 0 aromatic heterocycles. The van der Waals surface area contributed by atoms with E-state index in [9.17, 15) is 0 Å². The van der Waals surface area contributed by atoms with Gasteiger partial charge in [0, 0.05) is 38.9 Å². The lowest BCUT2D eigenvalue weighted by Gasteiger charge is -2.34. The largest absolute Gasteiger partial charge is 0.493 e. The van der Waals surface area contributed by atoms with Crippen molar-refractivity contribution in [3.05, 3.63) is 29.8 Å². The summed E-state index contributed by atoms with van der Waals surface area (Å²) in [5, 5.41) is 3.53. The van der Waals surface area contributed by atoms with Gasteiger partial charge in [0.1, 0.15) is 5.75 Å². The number of piperidine rings is 1. The highest BCUT2D eigenvalue weighted by molar-refractivity contribution is 5.80. The first-order chi connectivity index (χ1) is 14.3. The van der Waals surface area contributed by atoms with Crippen molar-refractivity contribution < 1.29 is 14.2 Å². The predicted octanol–water partition coefficient (Wildman–Crippen LogP) is 3.21. The van der Waals surface area contributed by atoms with E-state index >= 15 is 0 Å². The molecule has 29 heavy (non-hydrogen) atoms. The van der Waals surface area contributed by atoms with Gasteiger partial charge in [0.2, 0.25) is 0 Å². The summed E-state index contributed by atoms with van der Waals surface area (Å²) in [6.07, 6.45) is 7.64. The molecule has 6 nitrogen and oxygen atoms in total. The van der Waals surface area contributed by atoms with Crippen LogP contribution in [0.4, 0.5) is 0 Å². The third-order valence-electron chi connectivity index (χ3n) is 6.08. The van der Waals surface area contributed by atoms with E-state index in [0.29, 0.717) is 12.2 Å². The third kappa shape index (κ3) is 6.09. The zero-order chi connectivity index (χ0) is 19.9. The Hall–Kier alpha value is -1.79. The molecule has 4 rings (SSSR count). The van der Waals surface area contributed by atoms with Crippen molar-refractivity contribution in [2.45, 2.75) is 57.3 Å². The smallest absolute Gasteiger partial charge is 0.193 e. The Bertz CT molecular complexity index is 663. The van der Waals surface area contributed by atoms with Crippen LogP contribution in [0.2, 0.25) is 0 Å². The van der Waals surface area contributed by atoms with E-state index in [2.05, 4.69) is 33.4 Å². The lowest BCUT2D eigenvalue weighted by atomic mass is 10.1. The van der Waals surface area contributed by atoms with E-state index in [0.717, 1.165) is 76.3 Å². The van der Waals surface area contributed by atoms with Crippen LogP contribution >= 0.6 is 0 Å². The molecule has 1 aromatic rings. The molecule has 6 heteroatoms. The van der Waals surface area contributed by atoms with Gasteiger partial charge in [-0.15, -0.1) is 0 Å². The van der Waals surface area contributed by atoms with Gasteiger partial charge in [-0.1, -0.05) is 18.2 Å². The summed E-state index contributed by atoms with van der Waals surface area (Å²) < 4.78 is 17.8. The van der Waals surface area contributed by atoms with Crippen LogP contribution in [0, 0.1) is 5.92 Å². The molecule has 1 saturated carbocycles. The molecule has 2 heterocycles. The second-order valence-corrected chi connectivity index (χ2v) is 8.42. The van der Waals surface area contributed by atoms with Gasteiger partial charge in [0.25, 0.3) is 0 Å². The summed E-state index contributed by atoms with van der Waals surface area (Å²) in [6.45, 7) is 5.14. The fourth-order valence-corrected chi connectivity index (χ4v) is 4.04. The Morgan fingerprint density at radius 1 is 1.14 bits per heavy atom. The van der Waals surface area contributed by atoms with Crippen LogP contribution in [0.15, 0.2) is 29.3 Å².